The largest absolute Gasteiger partial charge is 0.381 e. The van der Waals surface area contributed by atoms with Crippen LogP contribution in [0.1, 0.15) is 19.8 Å². The third kappa shape index (κ3) is 3.54. The Morgan fingerprint density at radius 2 is 2.26 bits per heavy atom. The van der Waals surface area contributed by atoms with Crippen molar-refractivity contribution in [3.05, 3.63) is 27.4 Å². The van der Waals surface area contributed by atoms with Gasteiger partial charge in [-0.15, -0.1) is 0 Å². The Morgan fingerprint density at radius 1 is 1.58 bits per heavy atom. The lowest BCUT2D eigenvalue weighted by atomic mass is 9.93. The Kier molecular flexibility index (Phi) is 4.55. The summed E-state index contributed by atoms with van der Waals surface area (Å²) in [5, 5.41) is 14.1. The lowest BCUT2D eigenvalue weighted by molar-refractivity contribution is -0.385. The standard InChI is InChI=1S/C12H16ClN3O3/c1-8(9-2-4-19-5-3-9)15-12-11(13)6-10(7-14-12)16(17)18/h6-9H,2-5H2,1H3,(H,14,15). The molecule has 0 saturated carbocycles. The lowest BCUT2D eigenvalue weighted by Gasteiger charge is -2.28. The van der Waals surface area contributed by atoms with Gasteiger partial charge in [0.1, 0.15) is 12.0 Å². The number of nitro groups is 1. The number of halogens is 1. The van der Waals surface area contributed by atoms with Gasteiger partial charge in [-0.05, 0) is 25.7 Å². The van der Waals surface area contributed by atoms with Gasteiger partial charge in [0.15, 0.2) is 0 Å². The molecule has 104 valence electrons. The maximum absolute atomic E-state index is 10.6. The quantitative estimate of drug-likeness (QED) is 0.680. The van der Waals surface area contributed by atoms with Gasteiger partial charge in [0, 0.05) is 25.3 Å². The average Bonchev–Trinajstić information content (AvgIpc) is 2.41. The first-order chi connectivity index (χ1) is 9.08. The average molecular weight is 286 g/mol. The first kappa shape index (κ1) is 14.0. The molecule has 0 aliphatic carbocycles. The van der Waals surface area contributed by atoms with E-state index in [2.05, 4.69) is 17.2 Å². The third-order valence-corrected chi connectivity index (χ3v) is 3.66. The molecule has 1 aromatic heterocycles. The number of nitrogens with zero attached hydrogens (tertiary/aromatic N) is 2. The number of ether oxygens (including phenoxy) is 1. The molecule has 1 aliphatic heterocycles. The van der Waals surface area contributed by atoms with E-state index in [1.54, 1.807) is 0 Å². The van der Waals surface area contributed by atoms with Crippen LogP contribution in [0.5, 0.6) is 0 Å². The number of hydrogen-bond donors (Lipinski definition) is 1. The van der Waals surface area contributed by atoms with Gasteiger partial charge in [-0.25, -0.2) is 4.98 Å². The molecule has 0 radical (unpaired) electrons. The highest BCUT2D eigenvalue weighted by Gasteiger charge is 2.21. The maximum atomic E-state index is 10.6. The van der Waals surface area contributed by atoms with E-state index in [0.717, 1.165) is 26.1 Å². The van der Waals surface area contributed by atoms with Crippen LogP contribution in [0.2, 0.25) is 5.02 Å². The summed E-state index contributed by atoms with van der Waals surface area (Å²) < 4.78 is 5.32. The fourth-order valence-corrected chi connectivity index (χ4v) is 2.40. The molecule has 6 nitrogen and oxygen atoms in total. The second kappa shape index (κ2) is 6.16. The summed E-state index contributed by atoms with van der Waals surface area (Å²) in [5.74, 6) is 0.994. The van der Waals surface area contributed by atoms with Gasteiger partial charge in [0.2, 0.25) is 0 Å². The van der Waals surface area contributed by atoms with Crippen molar-refractivity contribution in [1.82, 2.24) is 4.98 Å². The first-order valence-corrected chi connectivity index (χ1v) is 6.60. The molecule has 2 rings (SSSR count). The minimum Gasteiger partial charge on any atom is -0.381 e. The highest BCUT2D eigenvalue weighted by molar-refractivity contribution is 6.33. The lowest BCUT2D eigenvalue weighted by Crippen LogP contribution is -2.31. The number of hydrogen-bond acceptors (Lipinski definition) is 5. The Hall–Kier alpha value is -1.40. The van der Waals surface area contributed by atoms with Crippen molar-refractivity contribution in [2.24, 2.45) is 5.92 Å². The van der Waals surface area contributed by atoms with Crippen LogP contribution in [0, 0.1) is 16.0 Å². The molecule has 7 heteroatoms. The smallest absolute Gasteiger partial charge is 0.289 e. The van der Waals surface area contributed by atoms with E-state index in [1.165, 1.54) is 12.3 Å². The Balaban J connectivity index is 2.03. The third-order valence-electron chi connectivity index (χ3n) is 3.38. The number of nitrogens with one attached hydrogen (secondary N) is 1. The molecule has 1 aliphatic rings. The number of anilines is 1. The van der Waals surface area contributed by atoms with E-state index in [4.69, 9.17) is 16.3 Å². The normalized spacial score (nSPS) is 18.0. The zero-order valence-corrected chi connectivity index (χ0v) is 11.4. The van der Waals surface area contributed by atoms with E-state index in [9.17, 15) is 10.1 Å². The predicted octanol–water partition coefficient (Wildman–Crippen LogP) is 2.87. The SMILES string of the molecule is CC(Nc1ncc([N+](=O)[O-])cc1Cl)C1CCOCC1. The van der Waals surface area contributed by atoms with Crippen molar-refractivity contribution in [2.75, 3.05) is 18.5 Å². The Labute approximate surface area is 116 Å². The maximum Gasteiger partial charge on any atom is 0.289 e. The highest BCUT2D eigenvalue weighted by atomic mass is 35.5. The fraction of sp³-hybridized carbons (Fsp3) is 0.583. The molecule has 1 aromatic rings. The zero-order valence-electron chi connectivity index (χ0n) is 10.6. The van der Waals surface area contributed by atoms with Crippen LogP contribution in [0.25, 0.3) is 0 Å². The zero-order chi connectivity index (χ0) is 13.8. The van der Waals surface area contributed by atoms with Crippen molar-refractivity contribution in [1.29, 1.82) is 0 Å². The van der Waals surface area contributed by atoms with Gasteiger partial charge in [-0.2, -0.15) is 0 Å². The van der Waals surface area contributed by atoms with E-state index in [-0.39, 0.29) is 16.8 Å². The summed E-state index contributed by atoms with van der Waals surface area (Å²) in [6.07, 6.45) is 3.21. The molecular formula is C12H16ClN3O3. The van der Waals surface area contributed by atoms with E-state index in [0.29, 0.717) is 11.7 Å². The molecule has 0 spiro atoms. The Morgan fingerprint density at radius 3 is 2.84 bits per heavy atom. The van der Waals surface area contributed by atoms with Crippen molar-refractivity contribution >= 4 is 23.1 Å². The molecule has 1 atom stereocenters. The molecule has 19 heavy (non-hydrogen) atoms. The topological polar surface area (TPSA) is 77.3 Å². The number of aromatic nitrogens is 1. The van der Waals surface area contributed by atoms with Crippen LogP contribution in [0.15, 0.2) is 12.3 Å². The van der Waals surface area contributed by atoms with Gasteiger partial charge < -0.3 is 10.1 Å². The molecule has 2 heterocycles. The van der Waals surface area contributed by atoms with E-state index < -0.39 is 4.92 Å². The summed E-state index contributed by atoms with van der Waals surface area (Å²) in [7, 11) is 0. The molecule has 0 aromatic carbocycles. The van der Waals surface area contributed by atoms with Crippen molar-refractivity contribution in [3.63, 3.8) is 0 Å². The summed E-state index contributed by atoms with van der Waals surface area (Å²) in [4.78, 5) is 14.1. The summed E-state index contributed by atoms with van der Waals surface area (Å²) in [5.41, 5.74) is -0.103. The number of rotatable bonds is 4. The van der Waals surface area contributed by atoms with Gasteiger partial charge in [-0.3, -0.25) is 10.1 Å². The van der Waals surface area contributed by atoms with Gasteiger partial charge in [0.25, 0.3) is 5.69 Å². The van der Waals surface area contributed by atoms with Gasteiger partial charge >= 0.3 is 0 Å². The van der Waals surface area contributed by atoms with Crippen molar-refractivity contribution < 1.29 is 9.66 Å². The molecule has 1 N–H and O–H groups in total. The molecule has 1 saturated heterocycles. The summed E-state index contributed by atoms with van der Waals surface area (Å²) in [6.45, 7) is 3.62. The molecule has 1 fully saturated rings. The van der Waals surface area contributed by atoms with Crippen LogP contribution >= 0.6 is 11.6 Å². The highest BCUT2D eigenvalue weighted by Crippen LogP contribution is 2.27. The second-order valence-corrected chi connectivity index (χ2v) is 5.07. The summed E-state index contributed by atoms with van der Waals surface area (Å²) in [6, 6.07) is 1.52. The number of pyridine rings is 1. The van der Waals surface area contributed by atoms with Crippen LogP contribution in [0.4, 0.5) is 11.5 Å². The van der Waals surface area contributed by atoms with Crippen LogP contribution in [-0.4, -0.2) is 29.2 Å². The molecule has 0 amide bonds. The van der Waals surface area contributed by atoms with E-state index in [1.807, 2.05) is 0 Å². The first-order valence-electron chi connectivity index (χ1n) is 6.22. The second-order valence-electron chi connectivity index (χ2n) is 4.66. The van der Waals surface area contributed by atoms with Crippen LogP contribution in [-0.2, 0) is 4.74 Å². The molecule has 0 bridgehead atoms. The van der Waals surface area contributed by atoms with Crippen LogP contribution in [0.3, 0.4) is 0 Å². The van der Waals surface area contributed by atoms with Gasteiger partial charge in [0.05, 0.1) is 9.95 Å². The molecular weight excluding hydrogens is 270 g/mol. The van der Waals surface area contributed by atoms with Crippen molar-refractivity contribution in [2.45, 2.75) is 25.8 Å². The molecule has 1 unspecified atom stereocenters. The summed E-state index contributed by atoms with van der Waals surface area (Å²) >= 11 is 6.00. The fourth-order valence-electron chi connectivity index (χ4n) is 2.18. The van der Waals surface area contributed by atoms with Gasteiger partial charge in [-0.1, -0.05) is 11.6 Å². The van der Waals surface area contributed by atoms with Crippen LogP contribution < -0.4 is 5.32 Å². The minimum atomic E-state index is -0.509. The van der Waals surface area contributed by atoms with E-state index >= 15 is 0 Å². The Bertz CT molecular complexity index is 464. The predicted molar refractivity (Wildman–Crippen MR) is 72.5 cm³/mol. The monoisotopic (exact) mass is 285 g/mol. The van der Waals surface area contributed by atoms with Crippen molar-refractivity contribution in [3.8, 4) is 0 Å². The minimum absolute atomic E-state index is 0.103.